The molecule has 0 N–H and O–H groups in total. The summed E-state index contributed by atoms with van der Waals surface area (Å²) in [5.41, 5.74) is 3.34. The maximum atomic E-state index is 9.16. The molecule has 0 fully saturated rings. The molecule has 0 spiro atoms. The van der Waals surface area contributed by atoms with Crippen LogP contribution in [-0.2, 0) is 23.5 Å². The summed E-state index contributed by atoms with van der Waals surface area (Å²) in [6.07, 6.45) is 4.47. The molecule has 0 bridgehead atoms. The zero-order chi connectivity index (χ0) is 17.3. The summed E-state index contributed by atoms with van der Waals surface area (Å²) in [6, 6.07) is 17.7. The molecular formula is C20H17Cl2N3O. The third-order valence-electron chi connectivity index (χ3n) is 4.71. The smallest absolute Gasteiger partial charge is 0.121 e. The minimum Gasteiger partial charge on any atom is -0.361 e. The van der Waals surface area contributed by atoms with Crippen LogP contribution in [0.1, 0.15) is 28.7 Å². The first-order chi connectivity index (χ1) is 12.2. The Labute approximate surface area is 163 Å². The molecule has 4 rings (SSSR count). The fraction of sp³-hybridized carbons (Fsp3) is 0.200. The lowest BCUT2D eigenvalue weighted by molar-refractivity contribution is -0.0151. The molecule has 2 aromatic carbocycles. The summed E-state index contributed by atoms with van der Waals surface area (Å²) in [5.74, 6) is 0. The zero-order valence-corrected chi connectivity index (χ0v) is 15.5. The highest BCUT2D eigenvalue weighted by atomic mass is 35.5. The van der Waals surface area contributed by atoms with Gasteiger partial charge in [-0.15, -0.1) is 12.4 Å². The average molecular weight is 386 g/mol. The van der Waals surface area contributed by atoms with E-state index in [9.17, 15) is 0 Å². The standard InChI is InChI=1S/C20H16ClN3O.ClH/c21-18-5-3-17(4-6-18)20(8-11-24-10-1-9-23-24)19-7-2-15(13-22)12-16(19)14-25-20;/h1-7,9-10,12H,8,11,14H2;1H. The van der Waals surface area contributed by atoms with Gasteiger partial charge in [0.25, 0.3) is 0 Å². The molecule has 132 valence electrons. The number of nitriles is 1. The lowest BCUT2D eigenvalue weighted by Gasteiger charge is -2.30. The van der Waals surface area contributed by atoms with Gasteiger partial charge in [-0.1, -0.05) is 29.8 Å². The Morgan fingerprint density at radius 2 is 2.04 bits per heavy atom. The molecule has 0 amide bonds. The van der Waals surface area contributed by atoms with Crippen molar-refractivity contribution in [2.45, 2.75) is 25.2 Å². The number of aryl methyl sites for hydroxylation is 1. The first-order valence-electron chi connectivity index (χ1n) is 8.12. The number of halogens is 2. The van der Waals surface area contributed by atoms with Crippen LogP contribution in [0, 0.1) is 11.3 Å². The fourth-order valence-electron chi connectivity index (χ4n) is 3.47. The van der Waals surface area contributed by atoms with Crippen LogP contribution in [0.25, 0.3) is 0 Å². The Morgan fingerprint density at radius 1 is 1.23 bits per heavy atom. The summed E-state index contributed by atoms with van der Waals surface area (Å²) < 4.78 is 8.25. The molecule has 0 aliphatic carbocycles. The average Bonchev–Trinajstić information content (AvgIpc) is 3.28. The molecular weight excluding hydrogens is 369 g/mol. The van der Waals surface area contributed by atoms with E-state index in [2.05, 4.69) is 11.2 Å². The number of aromatic nitrogens is 2. The Morgan fingerprint density at radius 3 is 2.73 bits per heavy atom. The first kappa shape index (κ1) is 18.5. The van der Waals surface area contributed by atoms with Crippen molar-refractivity contribution >= 4 is 24.0 Å². The van der Waals surface area contributed by atoms with Crippen LogP contribution < -0.4 is 0 Å². The summed E-state index contributed by atoms with van der Waals surface area (Å²) in [4.78, 5) is 0. The third-order valence-corrected chi connectivity index (χ3v) is 4.96. The van der Waals surface area contributed by atoms with Crippen molar-refractivity contribution in [1.29, 1.82) is 5.26 Å². The number of hydrogen-bond donors (Lipinski definition) is 0. The van der Waals surface area contributed by atoms with E-state index in [1.165, 1.54) is 0 Å². The quantitative estimate of drug-likeness (QED) is 0.654. The molecule has 1 aliphatic rings. The topological polar surface area (TPSA) is 50.8 Å². The van der Waals surface area contributed by atoms with Crippen LogP contribution >= 0.6 is 24.0 Å². The fourth-order valence-corrected chi connectivity index (χ4v) is 3.60. The molecule has 6 heteroatoms. The molecule has 1 unspecified atom stereocenters. The van der Waals surface area contributed by atoms with Crippen LogP contribution in [0.5, 0.6) is 0 Å². The van der Waals surface area contributed by atoms with Gasteiger partial charge in [0.05, 0.1) is 18.2 Å². The number of rotatable bonds is 4. The second-order valence-electron chi connectivity index (χ2n) is 6.13. The van der Waals surface area contributed by atoms with Crippen LogP contribution in [0.2, 0.25) is 5.02 Å². The lowest BCUT2D eigenvalue weighted by Crippen LogP contribution is -2.29. The lowest BCUT2D eigenvalue weighted by atomic mass is 9.82. The molecule has 1 aromatic heterocycles. The van der Waals surface area contributed by atoms with Gasteiger partial charge in [0.15, 0.2) is 0 Å². The largest absolute Gasteiger partial charge is 0.361 e. The second kappa shape index (κ2) is 7.51. The van der Waals surface area contributed by atoms with Gasteiger partial charge < -0.3 is 4.74 Å². The van der Waals surface area contributed by atoms with Gasteiger partial charge in [-0.25, -0.2) is 0 Å². The van der Waals surface area contributed by atoms with Gasteiger partial charge in [0.2, 0.25) is 0 Å². The highest BCUT2D eigenvalue weighted by molar-refractivity contribution is 6.30. The number of nitrogens with zero attached hydrogens (tertiary/aromatic N) is 3. The molecule has 1 atom stereocenters. The molecule has 0 saturated heterocycles. The zero-order valence-electron chi connectivity index (χ0n) is 13.9. The molecule has 1 aliphatic heterocycles. The van der Waals surface area contributed by atoms with Gasteiger partial charge in [-0.2, -0.15) is 10.4 Å². The van der Waals surface area contributed by atoms with Crippen molar-refractivity contribution in [2.75, 3.05) is 0 Å². The van der Waals surface area contributed by atoms with Crippen molar-refractivity contribution in [3.05, 3.63) is 88.2 Å². The van der Waals surface area contributed by atoms with E-state index in [1.807, 2.05) is 59.4 Å². The Bertz CT molecular complexity index is 933. The minimum absolute atomic E-state index is 0. The van der Waals surface area contributed by atoms with E-state index in [-0.39, 0.29) is 12.4 Å². The van der Waals surface area contributed by atoms with E-state index in [0.717, 1.165) is 29.7 Å². The van der Waals surface area contributed by atoms with E-state index < -0.39 is 5.60 Å². The summed E-state index contributed by atoms with van der Waals surface area (Å²) in [6.45, 7) is 1.22. The van der Waals surface area contributed by atoms with E-state index in [0.29, 0.717) is 17.2 Å². The predicted octanol–water partition coefficient (Wildman–Crippen LogP) is 4.69. The third kappa shape index (κ3) is 3.22. The second-order valence-corrected chi connectivity index (χ2v) is 6.56. The summed E-state index contributed by atoms with van der Waals surface area (Å²) in [5, 5.41) is 14.2. The van der Waals surface area contributed by atoms with Crippen LogP contribution in [0.3, 0.4) is 0 Å². The van der Waals surface area contributed by atoms with Crippen molar-refractivity contribution in [1.82, 2.24) is 9.78 Å². The summed E-state index contributed by atoms with van der Waals surface area (Å²) >= 11 is 6.07. The van der Waals surface area contributed by atoms with E-state index in [4.69, 9.17) is 21.6 Å². The highest BCUT2D eigenvalue weighted by Crippen LogP contribution is 2.45. The number of fused-ring (bicyclic) bond motifs is 1. The van der Waals surface area contributed by atoms with Gasteiger partial charge in [-0.3, -0.25) is 4.68 Å². The SMILES string of the molecule is Cl.N#Cc1ccc2c(c1)COC2(CCn1cccn1)c1ccc(Cl)cc1. The van der Waals surface area contributed by atoms with Gasteiger partial charge in [0, 0.05) is 30.4 Å². The molecule has 0 saturated carbocycles. The minimum atomic E-state index is -0.556. The summed E-state index contributed by atoms with van der Waals surface area (Å²) in [7, 11) is 0. The Hall–Kier alpha value is -2.32. The first-order valence-corrected chi connectivity index (χ1v) is 8.50. The van der Waals surface area contributed by atoms with Crippen LogP contribution in [0.4, 0.5) is 0 Å². The number of ether oxygens (including phenoxy) is 1. The van der Waals surface area contributed by atoms with Crippen molar-refractivity contribution in [2.24, 2.45) is 0 Å². The highest BCUT2D eigenvalue weighted by Gasteiger charge is 2.41. The van der Waals surface area contributed by atoms with E-state index >= 15 is 0 Å². The molecule has 4 nitrogen and oxygen atoms in total. The monoisotopic (exact) mass is 385 g/mol. The predicted molar refractivity (Wildman–Crippen MR) is 102 cm³/mol. The maximum Gasteiger partial charge on any atom is 0.121 e. The Kier molecular flexibility index (Phi) is 5.33. The number of hydrogen-bond acceptors (Lipinski definition) is 3. The van der Waals surface area contributed by atoms with Gasteiger partial charge >= 0.3 is 0 Å². The van der Waals surface area contributed by atoms with Gasteiger partial charge in [-0.05, 0) is 47.0 Å². The van der Waals surface area contributed by atoms with E-state index in [1.54, 1.807) is 6.20 Å². The van der Waals surface area contributed by atoms with Crippen LogP contribution in [0.15, 0.2) is 60.9 Å². The molecule has 26 heavy (non-hydrogen) atoms. The molecule has 2 heterocycles. The van der Waals surface area contributed by atoms with Gasteiger partial charge in [0.1, 0.15) is 5.60 Å². The van der Waals surface area contributed by atoms with Crippen LogP contribution in [-0.4, -0.2) is 9.78 Å². The van der Waals surface area contributed by atoms with Crippen molar-refractivity contribution in [3.8, 4) is 6.07 Å². The molecule has 3 aromatic rings. The normalized spacial score (nSPS) is 18.0. The van der Waals surface area contributed by atoms with Crippen molar-refractivity contribution in [3.63, 3.8) is 0 Å². The maximum absolute atomic E-state index is 9.16. The molecule has 0 radical (unpaired) electrons. The Balaban J connectivity index is 0.00000196. The number of benzene rings is 2. The van der Waals surface area contributed by atoms with Crippen molar-refractivity contribution < 1.29 is 4.74 Å².